The van der Waals surface area contributed by atoms with Gasteiger partial charge in [-0.05, 0) is 68.7 Å². The van der Waals surface area contributed by atoms with E-state index in [0.717, 1.165) is 28.1 Å². The van der Waals surface area contributed by atoms with Gasteiger partial charge in [0.2, 0.25) is 0 Å². The van der Waals surface area contributed by atoms with Gasteiger partial charge < -0.3 is 14.4 Å². The van der Waals surface area contributed by atoms with Gasteiger partial charge in [0.15, 0.2) is 0 Å². The van der Waals surface area contributed by atoms with Crippen LogP contribution in [0.25, 0.3) is 0 Å². The quantitative estimate of drug-likeness (QED) is 0.755. The van der Waals surface area contributed by atoms with Crippen molar-refractivity contribution in [3.63, 3.8) is 0 Å². The minimum Gasteiger partial charge on any atom is -0.497 e. The number of anilines is 1. The molecule has 0 bridgehead atoms. The summed E-state index contributed by atoms with van der Waals surface area (Å²) >= 11 is 0. The number of hydrogen-bond donors (Lipinski definition) is 0. The van der Waals surface area contributed by atoms with Crippen LogP contribution in [0.5, 0.6) is 5.75 Å². The molecule has 25 heavy (non-hydrogen) atoms. The second kappa shape index (κ2) is 8.67. The summed E-state index contributed by atoms with van der Waals surface area (Å²) in [5.41, 5.74) is 4.19. The Hall–Kier alpha value is -2.33. The summed E-state index contributed by atoms with van der Waals surface area (Å²) < 4.78 is 11.0. The lowest BCUT2D eigenvalue weighted by Gasteiger charge is -2.25. The average Bonchev–Trinajstić information content (AvgIpc) is 2.59. The van der Waals surface area contributed by atoms with Crippen LogP contribution in [0.3, 0.4) is 0 Å². The van der Waals surface area contributed by atoms with Gasteiger partial charge in [-0.3, -0.25) is 4.79 Å². The van der Waals surface area contributed by atoms with Crippen LogP contribution >= 0.6 is 0 Å². The van der Waals surface area contributed by atoms with E-state index >= 15 is 0 Å². The first-order chi connectivity index (χ1) is 11.9. The largest absolute Gasteiger partial charge is 0.497 e. The highest BCUT2D eigenvalue weighted by Crippen LogP contribution is 2.20. The van der Waals surface area contributed by atoms with Crippen LogP contribution in [0.4, 0.5) is 5.69 Å². The highest BCUT2D eigenvalue weighted by atomic mass is 16.5. The Kier molecular flexibility index (Phi) is 6.59. The number of aryl methyl sites for hydroxylation is 2. The van der Waals surface area contributed by atoms with Gasteiger partial charge in [0.25, 0.3) is 5.91 Å². The Morgan fingerprint density at radius 2 is 1.80 bits per heavy atom. The topological polar surface area (TPSA) is 38.8 Å². The Labute approximate surface area is 150 Å². The third-order valence-electron chi connectivity index (χ3n) is 4.08. The standard InChI is InChI=1S/C21H27NO3/c1-6-22(19-11-15(2)10-16(3)12-19)21(23)17(4)25-14-18-8-7-9-20(13-18)24-5/h7-13,17H,6,14H2,1-5H3. The van der Waals surface area contributed by atoms with E-state index in [2.05, 4.69) is 6.07 Å². The summed E-state index contributed by atoms with van der Waals surface area (Å²) in [5.74, 6) is 0.751. The molecule has 2 aromatic rings. The zero-order valence-corrected chi connectivity index (χ0v) is 15.7. The molecule has 1 unspecified atom stereocenters. The van der Waals surface area contributed by atoms with E-state index < -0.39 is 6.10 Å². The molecule has 2 aromatic carbocycles. The summed E-state index contributed by atoms with van der Waals surface area (Å²) in [5, 5.41) is 0. The van der Waals surface area contributed by atoms with Crippen molar-refractivity contribution in [3.8, 4) is 5.75 Å². The molecule has 0 aromatic heterocycles. The molecule has 4 nitrogen and oxygen atoms in total. The monoisotopic (exact) mass is 341 g/mol. The summed E-state index contributed by atoms with van der Waals surface area (Å²) in [4.78, 5) is 14.6. The molecule has 1 atom stereocenters. The number of amides is 1. The molecule has 0 radical (unpaired) electrons. The molecule has 0 saturated carbocycles. The van der Waals surface area contributed by atoms with Crippen molar-refractivity contribution in [1.29, 1.82) is 0 Å². The van der Waals surface area contributed by atoms with Crippen LogP contribution in [0.2, 0.25) is 0 Å². The lowest BCUT2D eigenvalue weighted by molar-refractivity contribution is -0.129. The number of likely N-dealkylation sites (N-methyl/N-ethyl adjacent to an activating group) is 1. The van der Waals surface area contributed by atoms with Crippen molar-refractivity contribution in [2.24, 2.45) is 0 Å². The second-order valence-corrected chi connectivity index (χ2v) is 6.23. The fourth-order valence-electron chi connectivity index (χ4n) is 2.85. The van der Waals surface area contributed by atoms with Crippen LogP contribution in [-0.2, 0) is 16.1 Å². The molecule has 0 aliphatic rings. The second-order valence-electron chi connectivity index (χ2n) is 6.23. The van der Waals surface area contributed by atoms with Crippen molar-refractivity contribution in [2.75, 3.05) is 18.6 Å². The number of benzene rings is 2. The highest BCUT2D eigenvalue weighted by molar-refractivity contribution is 5.96. The molecular weight excluding hydrogens is 314 g/mol. The Bertz CT molecular complexity index is 707. The maximum absolute atomic E-state index is 12.8. The van der Waals surface area contributed by atoms with E-state index in [1.807, 2.05) is 57.2 Å². The first kappa shape index (κ1) is 19.0. The van der Waals surface area contributed by atoms with Crippen LogP contribution < -0.4 is 9.64 Å². The minimum absolute atomic E-state index is 0.0320. The van der Waals surface area contributed by atoms with Crippen LogP contribution in [0, 0.1) is 13.8 Å². The molecule has 2 rings (SSSR count). The maximum Gasteiger partial charge on any atom is 0.255 e. The number of hydrogen-bond acceptors (Lipinski definition) is 3. The number of rotatable bonds is 7. The van der Waals surface area contributed by atoms with Gasteiger partial charge in [0, 0.05) is 12.2 Å². The summed E-state index contributed by atoms with van der Waals surface area (Å²) in [6.45, 7) is 8.83. The Balaban J connectivity index is 2.06. The van der Waals surface area contributed by atoms with Gasteiger partial charge in [-0.15, -0.1) is 0 Å². The van der Waals surface area contributed by atoms with Gasteiger partial charge in [0.05, 0.1) is 13.7 Å². The van der Waals surface area contributed by atoms with E-state index in [0.29, 0.717) is 13.2 Å². The van der Waals surface area contributed by atoms with Gasteiger partial charge in [-0.25, -0.2) is 0 Å². The first-order valence-electron chi connectivity index (χ1n) is 8.58. The van der Waals surface area contributed by atoms with Crippen molar-refractivity contribution in [2.45, 2.75) is 40.4 Å². The Morgan fingerprint density at radius 3 is 2.40 bits per heavy atom. The van der Waals surface area contributed by atoms with Crippen molar-refractivity contribution >= 4 is 11.6 Å². The molecule has 0 spiro atoms. The molecular formula is C21H27NO3. The molecule has 134 valence electrons. The van der Waals surface area contributed by atoms with Crippen LogP contribution in [0.15, 0.2) is 42.5 Å². The van der Waals surface area contributed by atoms with E-state index in [4.69, 9.17) is 9.47 Å². The van der Waals surface area contributed by atoms with Crippen LogP contribution in [0.1, 0.15) is 30.5 Å². The molecule has 1 amide bonds. The third-order valence-corrected chi connectivity index (χ3v) is 4.08. The molecule has 4 heteroatoms. The van der Waals surface area contributed by atoms with Gasteiger partial charge in [0.1, 0.15) is 11.9 Å². The molecule has 0 saturated heterocycles. The van der Waals surface area contributed by atoms with E-state index in [9.17, 15) is 4.79 Å². The highest BCUT2D eigenvalue weighted by Gasteiger charge is 2.21. The lowest BCUT2D eigenvalue weighted by atomic mass is 10.1. The zero-order chi connectivity index (χ0) is 18.4. The number of ether oxygens (including phenoxy) is 2. The Morgan fingerprint density at radius 1 is 1.12 bits per heavy atom. The zero-order valence-electron chi connectivity index (χ0n) is 15.7. The molecule has 0 heterocycles. The number of carbonyl (C=O) groups excluding carboxylic acids is 1. The fraction of sp³-hybridized carbons (Fsp3) is 0.381. The van der Waals surface area contributed by atoms with E-state index in [1.165, 1.54) is 0 Å². The number of nitrogens with zero attached hydrogens (tertiary/aromatic N) is 1. The maximum atomic E-state index is 12.8. The van der Waals surface area contributed by atoms with E-state index in [-0.39, 0.29) is 5.91 Å². The minimum atomic E-state index is -0.521. The first-order valence-corrected chi connectivity index (χ1v) is 8.58. The normalized spacial score (nSPS) is 11.9. The molecule has 0 N–H and O–H groups in total. The van der Waals surface area contributed by atoms with Crippen LogP contribution in [-0.4, -0.2) is 25.7 Å². The van der Waals surface area contributed by atoms with Gasteiger partial charge in [-0.1, -0.05) is 18.2 Å². The summed E-state index contributed by atoms with van der Waals surface area (Å²) in [6, 6.07) is 13.8. The number of methoxy groups -OCH3 is 1. The molecule has 0 aliphatic carbocycles. The lowest BCUT2D eigenvalue weighted by Crippen LogP contribution is -2.39. The van der Waals surface area contributed by atoms with Crippen molar-refractivity contribution in [3.05, 3.63) is 59.2 Å². The SMILES string of the molecule is CCN(C(=O)C(C)OCc1cccc(OC)c1)c1cc(C)cc(C)c1. The summed E-state index contributed by atoms with van der Waals surface area (Å²) in [7, 11) is 1.63. The fourth-order valence-corrected chi connectivity index (χ4v) is 2.85. The van der Waals surface area contributed by atoms with Crippen molar-refractivity contribution < 1.29 is 14.3 Å². The predicted molar refractivity (Wildman–Crippen MR) is 101 cm³/mol. The third kappa shape index (κ3) is 5.07. The van der Waals surface area contributed by atoms with Gasteiger partial charge >= 0.3 is 0 Å². The van der Waals surface area contributed by atoms with Crippen molar-refractivity contribution in [1.82, 2.24) is 0 Å². The molecule has 0 aliphatic heterocycles. The summed E-state index contributed by atoms with van der Waals surface area (Å²) in [6.07, 6.45) is -0.521. The molecule has 0 fully saturated rings. The predicted octanol–water partition coefficient (Wildman–Crippen LogP) is 4.27. The average molecular weight is 341 g/mol. The number of carbonyl (C=O) groups is 1. The smallest absolute Gasteiger partial charge is 0.255 e. The van der Waals surface area contributed by atoms with Gasteiger partial charge in [-0.2, -0.15) is 0 Å². The van der Waals surface area contributed by atoms with E-state index in [1.54, 1.807) is 18.9 Å².